The van der Waals surface area contributed by atoms with Crippen LogP contribution in [-0.4, -0.2) is 6.29 Å². The number of benzene rings is 1. The molecule has 1 aromatic rings. The van der Waals surface area contributed by atoms with Crippen LogP contribution in [0, 0.1) is 0 Å². The maximum atomic E-state index is 9.77. The zero-order valence-corrected chi connectivity index (χ0v) is 7.32. The minimum Gasteiger partial charge on any atom is -0.419 e. The van der Waals surface area contributed by atoms with Gasteiger partial charge in [0.2, 0.25) is 0 Å². The average Bonchev–Trinajstić information content (AvgIpc) is 2.03. The molecule has 0 aromatic heterocycles. The van der Waals surface area contributed by atoms with Gasteiger partial charge in [0.05, 0.1) is 0 Å². The van der Waals surface area contributed by atoms with E-state index in [0.29, 0.717) is 0 Å². The van der Waals surface area contributed by atoms with Gasteiger partial charge in [0.25, 0.3) is 0 Å². The van der Waals surface area contributed by atoms with Crippen molar-refractivity contribution < 1.29 is 25.2 Å². The van der Waals surface area contributed by atoms with Crippen LogP contribution in [0.2, 0.25) is 0 Å². The Bertz CT molecular complexity index is 229. The van der Waals surface area contributed by atoms with E-state index in [1.54, 1.807) is 12.4 Å². The quantitative estimate of drug-likeness (QED) is 0.436. The molecule has 0 saturated heterocycles. The molecule has 1 nitrogen and oxygen atoms in total. The van der Waals surface area contributed by atoms with E-state index in [1.807, 2.05) is 30.3 Å². The molecule has 2 heteroatoms. The van der Waals surface area contributed by atoms with E-state index < -0.39 is 0 Å². The zero-order chi connectivity index (χ0) is 7.23. The fraction of sp³-hybridized carbons (Fsp3) is 0. The van der Waals surface area contributed by atoms with Gasteiger partial charge in [-0.3, -0.25) is 0 Å². The smallest absolute Gasteiger partial charge is 0 e. The topological polar surface area (TPSA) is 17.1 Å². The maximum absolute atomic E-state index is 9.77. The second-order valence-electron chi connectivity index (χ2n) is 1.86. The molecule has 11 heavy (non-hydrogen) atoms. The Labute approximate surface area is 79.8 Å². The summed E-state index contributed by atoms with van der Waals surface area (Å²) in [6, 6.07) is 9.62. The van der Waals surface area contributed by atoms with Gasteiger partial charge in [0.1, 0.15) is 0 Å². The number of carbonyl (C=O) groups excluding carboxylic acids is 1. The second kappa shape index (κ2) is 6.03. The molecule has 0 aliphatic carbocycles. The monoisotopic (exact) mass is 237 g/mol. The third-order valence-electron chi connectivity index (χ3n) is 1.14. The van der Waals surface area contributed by atoms with Crippen LogP contribution in [0.25, 0.3) is 6.08 Å². The SMILES string of the molecule is O=[C-]C=Cc1ccccc1.[Pd]. The molecule has 0 spiro atoms. The molecule has 60 valence electrons. The molecular formula is C9H7OPd-. The summed E-state index contributed by atoms with van der Waals surface area (Å²) in [7, 11) is 0. The molecule has 1 rings (SSSR count). The van der Waals surface area contributed by atoms with Gasteiger partial charge in [-0.15, -0.1) is 5.56 Å². The first-order valence-corrected chi connectivity index (χ1v) is 3.03. The Morgan fingerprint density at radius 1 is 1.18 bits per heavy atom. The third kappa shape index (κ3) is 3.88. The van der Waals surface area contributed by atoms with Gasteiger partial charge in [0, 0.05) is 20.4 Å². The summed E-state index contributed by atoms with van der Waals surface area (Å²) in [5.74, 6) is 0. The van der Waals surface area contributed by atoms with Crippen LogP contribution in [0.3, 0.4) is 0 Å². The number of hydrogen-bond acceptors (Lipinski definition) is 1. The van der Waals surface area contributed by atoms with Crippen molar-refractivity contribution in [2.45, 2.75) is 0 Å². The molecular weight excluding hydrogens is 231 g/mol. The standard InChI is InChI=1S/C9H7O.Pd/c10-8-4-7-9-5-2-1-3-6-9;/h1-7H;/q-1;. The van der Waals surface area contributed by atoms with Gasteiger partial charge < -0.3 is 4.79 Å². The van der Waals surface area contributed by atoms with E-state index in [0.717, 1.165) is 5.56 Å². The molecule has 0 amide bonds. The van der Waals surface area contributed by atoms with Crippen LogP contribution in [0.15, 0.2) is 36.4 Å². The van der Waals surface area contributed by atoms with Crippen molar-refractivity contribution in [3.8, 4) is 0 Å². The van der Waals surface area contributed by atoms with Gasteiger partial charge >= 0.3 is 0 Å². The summed E-state index contributed by atoms with van der Waals surface area (Å²) >= 11 is 0. The van der Waals surface area contributed by atoms with Crippen molar-refractivity contribution in [2.75, 3.05) is 0 Å². The molecule has 0 N–H and O–H groups in total. The van der Waals surface area contributed by atoms with E-state index in [4.69, 9.17) is 0 Å². The molecule has 0 bridgehead atoms. The van der Waals surface area contributed by atoms with Crippen molar-refractivity contribution in [3.63, 3.8) is 0 Å². The molecule has 0 heterocycles. The summed E-state index contributed by atoms with van der Waals surface area (Å²) in [5, 5.41) is 0. The molecule has 0 saturated carbocycles. The summed E-state index contributed by atoms with van der Waals surface area (Å²) in [4.78, 5) is 9.77. The minimum absolute atomic E-state index is 0. The predicted molar refractivity (Wildman–Crippen MR) is 41.2 cm³/mol. The third-order valence-corrected chi connectivity index (χ3v) is 1.14. The van der Waals surface area contributed by atoms with E-state index in [2.05, 4.69) is 0 Å². The van der Waals surface area contributed by atoms with Crippen LogP contribution >= 0.6 is 0 Å². The fourth-order valence-electron chi connectivity index (χ4n) is 0.694. The van der Waals surface area contributed by atoms with Crippen molar-refractivity contribution in [3.05, 3.63) is 42.0 Å². The van der Waals surface area contributed by atoms with Crippen LogP contribution in [0.5, 0.6) is 0 Å². The van der Waals surface area contributed by atoms with E-state index in [-0.39, 0.29) is 20.4 Å². The van der Waals surface area contributed by atoms with Crippen LogP contribution < -0.4 is 0 Å². The van der Waals surface area contributed by atoms with Gasteiger partial charge in [-0.2, -0.15) is 6.08 Å². The Morgan fingerprint density at radius 2 is 1.82 bits per heavy atom. The summed E-state index contributed by atoms with van der Waals surface area (Å²) in [6.45, 7) is 0. The summed E-state index contributed by atoms with van der Waals surface area (Å²) in [5.41, 5.74) is 1.02. The molecule has 0 fully saturated rings. The second-order valence-corrected chi connectivity index (χ2v) is 1.86. The molecule has 1 aromatic carbocycles. The fourth-order valence-corrected chi connectivity index (χ4v) is 0.694. The summed E-state index contributed by atoms with van der Waals surface area (Å²) < 4.78 is 0. The predicted octanol–water partition coefficient (Wildman–Crippen LogP) is 1.81. The van der Waals surface area contributed by atoms with Crippen molar-refractivity contribution in [1.82, 2.24) is 0 Å². The average molecular weight is 238 g/mol. The number of allylic oxidation sites excluding steroid dienone is 1. The van der Waals surface area contributed by atoms with Gasteiger partial charge in [-0.1, -0.05) is 30.3 Å². The van der Waals surface area contributed by atoms with Crippen LogP contribution in [0.4, 0.5) is 0 Å². The molecule has 0 unspecified atom stereocenters. The minimum atomic E-state index is 0. The number of rotatable bonds is 2. The molecule has 0 aliphatic rings. The first-order valence-electron chi connectivity index (χ1n) is 3.03. The van der Waals surface area contributed by atoms with Crippen molar-refractivity contribution >= 4 is 12.4 Å². The Hall–Kier alpha value is -0.708. The maximum Gasteiger partial charge on any atom is 0 e. The Morgan fingerprint density at radius 3 is 2.36 bits per heavy atom. The normalized spacial score (nSPS) is 9.09. The zero-order valence-electron chi connectivity index (χ0n) is 5.77. The Kier molecular flexibility index (Phi) is 5.64. The van der Waals surface area contributed by atoms with E-state index in [9.17, 15) is 4.79 Å². The van der Waals surface area contributed by atoms with Crippen LogP contribution in [-0.2, 0) is 25.2 Å². The molecule has 0 atom stereocenters. The van der Waals surface area contributed by atoms with Crippen molar-refractivity contribution in [2.24, 2.45) is 0 Å². The largest absolute Gasteiger partial charge is 0.419 e. The first-order chi connectivity index (χ1) is 4.93. The molecule has 0 radical (unpaired) electrons. The van der Waals surface area contributed by atoms with E-state index in [1.165, 1.54) is 6.08 Å². The van der Waals surface area contributed by atoms with Crippen LogP contribution in [0.1, 0.15) is 5.56 Å². The van der Waals surface area contributed by atoms with Gasteiger partial charge in [-0.25, -0.2) is 6.08 Å². The summed E-state index contributed by atoms with van der Waals surface area (Å²) in [6.07, 6.45) is 4.76. The first kappa shape index (κ1) is 10.3. The molecule has 0 aliphatic heterocycles. The van der Waals surface area contributed by atoms with Crippen molar-refractivity contribution in [1.29, 1.82) is 0 Å². The van der Waals surface area contributed by atoms with Gasteiger partial charge in [-0.05, 0) is 6.29 Å². The number of hydrogen-bond donors (Lipinski definition) is 0. The Balaban J connectivity index is 0.000001000. The van der Waals surface area contributed by atoms with Gasteiger partial charge in [0.15, 0.2) is 0 Å². The van der Waals surface area contributed by atoms with E-state index >= 15 is 0 Å².